The summed E-state index contributed by atoms with van der Waals surface area (Å²) in [5.74, 6) is 1.44. The summed E-state index contributed by atoms with van der Waals surface area (Å²) in [6, 6.07) is 13.2. The van der Waals surface area contributed by atoms with Gasteiger partial charge in [-0.1, -0.05) is 32.9 Å². The molecule has 0 saturated carbocycles. The number of hydrogen-bond acceptors (Lipinski definition) is 4. The lowest BCUT2D eigenvalue weighted by Crippen LogP contribution is -2.48. The normalized spacial score (nSPS) is 20.8. The molecule has 194 valence electrons. The van der Waals surface area contributed by atoms with Crippen LogP contribution in [0.1, 0.15) is 70.3 Å². The molecule has 0 aromatic heterocycles. The number of hydrogen-bond donors (Lipinski definition) is 1. The molecule has 6 nitrogen and oxygen atoms in total. The summed E-state index contributed by atoms with van der Waals surface area (Å²) in [6.45, 7) is 15.0. The first kappa shape index (κ1) is 26.1. The summed E-state index contributed by atoms with van der Waals surface area (Å²) in [4.78, 5) is 31.5. The molecule has 2 aliphatic heterocycles. The molecule has 0 bridgehead atoms. The minimum absolute atomic E-state index is 0.0818. The van der Waals surface area contributed by atoms with Gasteiger partial charge in [-0.2, -0.15) is 0 Å². The summed E-state index contributed by atoms with van der Waals surface area (Å²) in [5, 5.41) is 3.06. The van der Waals surface area contributed by atoms with Gasteiger partial charge in [0.25, 0.3) is 5.91 Å². The molecular formula is C30H41N3O3. The molecule has 0 spiro atoms. The Balaban J connectivity index is 1.61. The van der Waals surface area contributed by atoms with Crippen molar-refractivity contribution < 1.29 is 14.3 Å². The van der Waals surface area contributed by atoms with Crippen LogP contribution in [0.4, 0.5) is 11.4 Å². The average molecular weight is 492 g/mol. The largest absolute Gasteiger partial charge is 0.488 e. The highest BCUT2D eigenvalue weighted by Crippen LogP contribution is 2.31. The third kappa shape index (κ3) is 6.21. The molecule has 1 N–H and O–H groups in total. The van der Waals surface area contributed by atoms with Gasteiger partial charge in [-0.15, -0.1) is 0 Å². The predicted molar refractivity (Wildman–Crippen MR) is 146 cm³/mol. The van der Waals surface area contributed by atoms with E-state index in [0.717, 1.165) is 36.5 Å². The fourth-order valence-electron chi connectivity index (χ4n) is 5.17. The highest BCUT2D eigenvalue weighted by Gasteiger charge is 2.36. The zero-order chi connectivity index (χ0) is 26.0. The summed E-state index contributed by atoms with van der Waals surface area (Å²) in [5.41, 5.74) is 2.95. The number of carbonyl (C=O) groups excluding carboxylic acids is 2. The van der Waals surface area contributed by atoms with Gasteiger partial charge < -0.3 is 19.9 Å². The molecular weight excluding hydrogens is 450 g/mol. The van der Waals surface area contributed by atoms with Crippen LogP contribution in [-0.4, -0.2) is 48.0 Å². The van der Waals surface area contributed by atoms with Gasteiger partial charge in [0.15, 0.2) is 0 Å². The molecule has 4 rings (SSSR count). The Hall–Kier alpha value is -3.02. The summed E-state index contributed by atoms with van der Waals surface area (Å²) in [6.07, 6.45) is 2.85. The van der Waals surface area contributed by atoms with Crippen LogP contribution in [0.15, 0.2) is 42.5 Å². The highest BCUT2D eigenvalue weighted by molar-refractivity contribution is 6.10. The quantitative estimate of drug-likeness (QED) is 0.558. The standard InChI is InChI=1S/C30H41N3O3/c1-20(2)18-33-27(16-22-9-12-24(13-10-22)36-30(4,5)6)28(34)31-26-14-11-23(17-25(26)29(33)35)32-15-7-8-21(3)19-32/h9-14,17,20-21,27H,7-8,15-16,18-19H2,1-6H3,(H,31,34)/t21?,27-/m0/s1. The van der Waals surface area contributed by atoms with E-state index in [4.69, 9.17) is 4.74 Å². The number of ether oxygens (including phenoxy) is 1. The van der Waals surface area contributed by atoms with Crippen molar-refractivity contribution in [1.82, 2.24) is 4.90 Å². The maximum Gasteiger partial charge on any atom is 0.256 e. The number of amides is 2. The van der Waals surface area contributed by atoms with Gasteiger partial charge in [0, 0.05) is 31.7 Å². The van der Waals surface area contributed by atoms with Gasteiger partial charge in [-0.25, -0.2) is 0 Å². The number of carbonyl (C=O) groups is 2. The van der Waals surface area contributed by atoms with Crippen molar-refractivity contribution in [3.8, 4) is 5.75 Å². The number of piperidine rings is 1. The third-order valence-corrected chi connectivity index (χ3v) is 6.79. The molecule has 2 heterocycles. The zero-order valence-electron chi connectivity index (χ0n) is 22.6. The Morgan fingerprint density at radius 2 is 1.81 bits per heavy atom. The molecule has 1 unspecified atom stereocenters. The third-order valence-electron chi connectivity index (χ3n) is 6.79. The van der Waals surface area contributed by atoms with Crippen LogP contribution in [0.25, 0.3) is 0 Å². The van der Waals surface area contributed by atoms with Gasteiger partial charge in [0.2, 0.25) is 5.91 Å². The van der Waals surface area contributed by atoms with Crippen LogP contribution >= 0.6 is 0 Å². The smallest absolute Gasteiger partial charge is 0.256 e. The number of benzene rings is 2. The average Bonchev–Trinajstić information content (AvgIpc) is 2.89. The molecule has 36 heavy (non-hydrogen) atoms. The molecule has 2 amide bonds. The Labute approximate surface area is 216 Å². The molecule has 6 heteroatoms. The molecule has 1 fully saturated rings. The van der Waals surface area contributed by atoms with Crippen LogP contribution in [-0.2, 0) is 11.2 Å². The zero-order valence-corrected chi connectivity index (χ0v) is 22.6. The van der Waals surface area contributed by atoms with E-state index in [1.54, 1.807) is 4.90 Å². The lowest BCUT2D eigenvalue weighted by Gasteiger charge is -2.33. The fourth-order valence-corrected chi connectivity index (χ4v) is 5.17. The minimum Gasteiger partial charge on any atom is -0.488 e. The van der Waals surface area contributed by atoms with Crippen molar-refractivity contribution in [2.75, 3.05) is 29.9 Å². The number of rotatable bonds is 6. The Morgan fingerprint density at radius 3 is 2.44 bits per heavy atom. The van der Waals surface area contributed by atoms with Crippen LogP contribution in [0, 0.1) is 11.8 Å². The molecule has 0 radical (unpaired) electrons. The van der Waals surface area contributed by atoms with Crippen molar-refractivity contribution in [1.29, 1.82) is 0 Å². The molecule has 2 aliphatic rings. The van der Waals surface area contributed by atoms with Crippen LogP contribution in [0.5, 0.6) is 5.75 Å². The number of anilines is 2. The van der Waals surface area contributed by atoms with E-state index in [-0.39, 0.29) is 23.3 Å². The monoisotopic (exact) mass is 491 g/mol. The van der Waals surface area contributed by atoms with E-state index in [2.05, 4.69) is 31.0 Å². The summed E-state index contributed by atoms with van der Waals surface area (Å²) in [7, 11) is 0. The maximum atomic E-state index is 13.9. The van der Waals surface area contributed by atoms with Gasteiger partial charge >= 0.3 is 0 Å². The van der Waals surface area contributed by atoms with Crippen molar-refractivity contribution in [2.45, 2.75) is 72.4 Å². The lowest BCUT2D eigenvalue weighted by atomic mass is 9.99. The van der Waals surface area contributed by atoms with E-state index in [9.17, 15) is 9.59 Å². The van der Waals surface area contributed by atoms with Crippen molar-refractivity contribution in [3.05, 3.63) is 53.6 Å². The topological polar surface area (TPSA) is 61.9 Å². The molecule has 0 aliphatic carbocycles. The summed E-state index contributed by atoms with van der Waals surface area (Å²) >= 11 is 0. The van der Waals surface area contributed by atoms with Gasteiger partial charge in [0.1, 0.15) is 17.4 Å². The Morgan fingerprint density at radius 1 is 1.08 bits per heavy atom. The van der Waals surface area contributed by atoms with E-state index in [0.29, 0.717) is 30.1 Å². The second-order valence-corrected chi connectivity index (χ2v) is 11.8. The van der Waals surface area contributed by atoms with Crippen molar-refractivity contribution in [2.24, 2.45) is 11.8 Å². The van der Waals surface area contributed by atoms with Crippen LogP contribution < -0.4 is 15.0 Å². The van der Waals surface area contributed by atoms with E-state index in [1.165, 1.54) is 6.42 Å². The molecule has 2 aromatic carbocycles. The number of nitrogens with one attached hydrogen (secondary N) is 1. The van der Waals surface area contributed by atoms with E-state index < -0.39 is 6.04 Å². The van der Waals surface area contributed by atoms with E-state index >= 15 is 0 Å². The van der Waals surface area contributed by atoms with Crippen LogP contribution in [0.2, 0.25) is 0 Å². The number of nitrogens with zero attached hydrogens (tertiary/aromatic N) is 2. The van der Waals surface area contributed by atoms with Gasteiger partial charge in [-0.05, 0) is 81.3 Å². The molecule has 2 aromatic rings. The SMILES string of the molecule is CC(C)CN1C(=O)c2cc(N3CCCC(C)C3)ccc2NC(=O)[C@@H]1Cc1ccc(OC(C)(C)C)cc1. The van der Waals surface area contributed by atoms with Crippen molar-refractivity contribution in [3.63, 3.8) is 0 Å². The first-order valence-electron chi connectivity index (χ1n) is 13.3. The first-order valence-corrected chi connectivity index (χ1v) is 13.3. The highest BCUT2D eigenvalue weighted by atomic mass is 16.5. The van der Waals surface area contributed by atoms with Gasteiger partial charge in [0.05, 0.1) is 11.3 Å². The maximum absolute atomic E-state index is 13.9. The first-order chi connectivity index (χ1) is 17.0. The fraction of sp³-hybridized carbons (Fsp3) is 0.533. The second kappa shape index (κ2) is 10.5. The van der Waals surface area contributed by atoms with Crippen LogP contribution in [0.3, 0.4) is 0 Å². The minimum atomic E-state index is -0.583. The second-order valence-electron chi connectivity index (χ2n) is 11.8. The Bertz CT molecular complexity index is 1090. The number of fused-ring (bicyclic) bond motifs is 1. The van der Waals surface area contributed by atoms with Crippen molar-refractivity contribution >= 4 is 23.2 Å². The van der Waals surface area contributed by atoms with E-state index in [1.807, 2.05) is 63.2 Å². The predicted octanol–water partition coefficient (Wildman–Crippen LogP) is 5.76. The molecule has 2 atom stereocenters. The summed E-state index contributed by atoms with van der Waals surface area (Å²) < 4.78 is 5.94. The molecule has 1 saturated heterocycles. The Kier molecular flexibility index (Phi) is 7.62. The lowest BCUT2D eigenvalue weighted by molar-refractivity contribution is -0.120. The van der Waals surface area contributed by atoms with Gasteiger partial charge in [-0.3, -0.25) is 9.59 Å².